The molecule has 0 amide bonds. The van der Waals surface area contributed by atoms with Gasteiger partial charge in [-0.1, -0.05) is 60.1 Å². The Morgan fingerprint density at radius 1 is 1.06 bits per heavy atom. The van der Waals surface area contributed by atoms with Crippen LogP contribution in [0.15, 0.2) is 83.2 Å². The molecule has 31 heavy (non-hydrogen) atoms. The second-order valence-corrected chi connectivity index (χ2v) is 7.70. The van der Waals surface area contributed by atoms with Crippen LogP contribution in [0.3, 0.4) is 0 Å². The first-order chi connectivity index (χ1) is 14.8. The summed E-state index contributed by atoms with van der Waals surface area (Å²) >= 11 is 6.17. The largest absolute Gasteiger partial charge is 0.478 e. The lowest BCUT2D eigenvalue weighted by Gasteiger charge is -2.35. The first-order valence-corrected chi connectivity index (χ1v) is 10.2. The number of aliphatic carboxylic acids is 1. The summed E-state index contributed by atoms with van der Waals surface area (Å²) in [5.41, 5.74) is 3.25. The van der Waals surface area contributed by atoms with Crippen molar-refractivity contribution in [2.75, 3.05) is 13.7 Å². The molecule has 0 aromatic heterocycles. The van der Waals surface area contributed by atoms with Gasteiger partial charge in [-0.2, -0.15) is 0 Å². The highest BCUT2D eigenvalue weighted by Gasteiger charge is 2.39. The molecule has 0 saturated carbocycles. The molecule has 5 nitrogen and oxygen atoms in total. The molecule has 1 aliphatic heterocycles. The van der Waals surface area contributed by atoms with Crippen LogP contribution in [-0.4, -0.2) is 35.6 Å². The fraction of sp³-hybridized carbons (Fsp3) is 0.200. The number of carbonyl (C=O) groups is 2. The molecule has 0 radical (unpaired) electrons. The zero-order chi connectivity index (χ0) is 22.5. The molecule has 1 heterocycles. The van der Waals surface area contributed by atoms with Crippen LogP contribution in [0.2, 0.25) is 5.02 Å². The van der Waals surface area contributed by atoms with Gasteiger partial charge >= 0.3 is 11.9 Å². The van der Waals surface area contributed by atoms with E-state index >= 15 is 0 Å². The molecule has 1 aliphatic rings. The van der Waals surface area contributed by atoms with Crippen LogP contribution in [0.1, 0.15) is 30.9 Å². The Balaban J connectivity index is 1.93. The molecule has 1 atom stereocenters. The topological polar surface area (TPSA) is 66.8 Å². The van der Waals surface area contributed by atoms with Crippen molar-refractivity contribution in [1.82, 2.24) is 4.90 Å². The number of carboxylic acid groups (broad SMARTS) is 1. The van der Waals surface area contributed by atoms with E-state index in [9.17, 15) is 14.7 Å². The number of ether oxygens (including phenoxy) is 1. The summed E-state index contributed by atoms with van der Waals surface area (Å²) in [4.78, 5) is 27.0. The number of rotatable bonds is 6. The number of hydrogen-bond acceptors (Lipinski definition) is 4. The van der Waals surface area contributed by atoms with Gasteiger partial charge in [-0.3, -0.25) is 0 Å². The van der Waals surface area contributed by atoms with E-state index in [4.69, 9.17) is 16.3 Å². The summed E-state index contributed by atoms with van der Waals surface area (Å²) < 4.78 is 5.51. The molecule has 3 rings (SSSR count). The summed E-state index contributed by atoms with van der Waals surface area (Å²) in [5, 5.41) is 10.4. The number of hydrogen-bond donors (Lipinski definition) is 1. The maximum atomic E-state index is 13.1. The maximum Gasteiger partial charge on any atom is 0.337 e. The normalized spacial score (nSPS) is 16.8. The molecule has 160 valence electrons. The highest BCUT2D eigenvalue weighted by Crippen LogP contribution is 2.42. The van der Waals surface area contributed by atoms with E-state index in [1.807, 2.05) is 36.4 Å². The number of halogens is 1. The standard InChI is InChI=1S/C25H24ClNO4/c1-16-21(24(28)29)23(19-12-7-13-20(26)15-19)22(17(2)27(16)3)25(30)31-14-8-11-18-9-5-4-6-10-18/h4-13,15,23H,14H2,1-3H3,(H,28,29)/b11-8+. The molecule has 1 N–H and O–H groups in total. The van der Waals surface area contributed by atoms with Gasteiger partial charge in [0.1, 0.15) is 6.61 Å². The Bertz CT molecular complexity index is 1090. The minimum atomic E-state index is -1.09. The Morgan fingerprint density at radius 2 is 1.74 bits per heavy atom. The van der Waals surface area contributed by atoms with Crippen molar-refractivity contribution in [3.8, 4) is 0 Å². The summed E-state index contributed by atoms with van der Waals surface area (Å²) in [6, 6.07) is 16.6. The van der Waals surface area contributed by atoms with Crippen LogP contribution in [0.5, 0.6) is 0 Å². The highest BCUT2D eigenvalue weighted by molar-refractivity contribution is 6.30. The van der Waals surface area contributed by atoms with Gasteiger partial charge in [0.25, 0.3) is 0 Å². The average Bonchev–Trinajstić information content (AvgIpc) is 2.75. The molecule has 2 aromatic rings. The average molecular weight is 438 g/mol. The number of carbonyl (C=O) groups excluding carboxylic acids is 1. The predicted octanol–water partition coefficient (Wildman–Crippen LogP) is 5.26. The molecule has 0 aliphatic carbocycles. The zero-order valence-electron chi connectivity index (χ0n) is 17.6. The second kappa shape index (κ2) is 9.67. The number of carboxylic acids is 1. The number of allylic oxidation sites excluding steroid dienone is 2. The fourth-order valence-corrected chi connectivity index (χ4v) is 3.89. The van der Waals surface area contributed by atoms with E-state index in [0.717, 1.165) is 5.56 Å². The quantitative estimate of drug-likeness (QED) is 0.624. The lowest BCUT2D eigenvalue weighted by atomic mass is 9.80. The van der Waals surface area contributed by atoms with Crippen molar-refractivity contribution >= 4 is 29.6 Å². The second-order valence-electron chi connectivity index (χ2n) is 7.26. The van der Waals surface area contributed by atoms with Gasteiger partial charge in [0.15, 0.2) is 0 Å². The SMILES string of the molecule is CC1=C(C(=O)O)C(c2cccc(Cl)c2)C(C(=O)OC/C=C/c2ccccc2)=C(C)N1C. The predicted molar refractivity (Wildman–Crippen MR) is 121 cm³/mol. The van der Waals surface area contributed by atoms with Crippen molar-refractivity contribution in [3.05, 3.63) is 99.4 Å². The molecule has 0 fully saturated rings. The minimum absolute atomic E-state index is 0.0710. The fourth-order valence-electron chi connectivity index (χ4n) is 3.69. The molecule has 0 spiro atoms. The van der Waals surface area contributed by atoms with E-state index in [-0.39, 0.29) is 12.2 Å². The van der Waals surface area contributed by atoms with E-state index in [1.54, 1.807) is 56.1 Å². The van der Waals surface area contributed by atoms with Crippen LogP contribution in [-0.2, 0) is 14.3 Å². The Morgan fingerprint density at radius 3 is 2.39 bits per heavy atom. The third-order valence-corrected chi connectivity index (χ3v) is 5.65. The molecule has 2 aromatic carbocycles. The van der Waals surface area contributed by atoms with Crippen molar-refractivity contribution in [1.29, 1.82) is 0 Å². The Hall–Kier alpha value is -3.31. The third kappa shape index (κ3) is 4.89. The van der Waals surface area contributed by atoms with Gasteiger partial charge in [0.2, 0.25) is 0 Å². The van der Waals surface area contributed by atoms with Gasteiger partial charge in [0, 0.05) is 23.5 Å². The molecule has 6 heteroatoms. The summed E-state index contributed by atoms with van der Waals surface area (Å²) in [7, 11) is 1.74. The van der Waals surface area contributed by atoms with Crippen LogP contribution in [0, 0.1) is 0 Å². The molecule has 0 saturated heterocycles. The molecular weight excluding hydrogens is 414 g/mol. The van der Waals surface area contributed by atoms with E-state index < -0.39 is 17.9 Å². The minimum Gasteiger partial charge on any atom is -0.478 e. The summed E-state index contributed by atoms with van der Waals surface area (Å²) in [6.45, 7) is 3.59. The van der Waals surface area contributed by atoms with Gasteiger partial charge in [-0.15, -0.1) is 0 Å². The van der Waals surface area contributed by atoms with Crippen LogP contribution >= 0.6 is 11.6 Å². The van der Waals surface area contributed by atoms with E-state index in [2.05, 4.69) is 0 Å². The van der Waals surface area contributed by atoms with Gasteiger partial charge in [-0.05, 0) is 43.2 Å². The van der Waals surface area contributed by atoms with Crippen molar-refractivity contribution in [2.24, 2.45) is 0 Å². The summed E-state index contributed by atoms with van der Waals surface area (Å²) in [5.74, 6) is -2.42. The van der Waals surface area contributed by atoms with E-state index in [1.165, 1.54) is 0 Å². The Labute approximate surface area is 186 Å². The van der Waals surface area contributed by atoms with E-state index in [0.29, 0.717) is 27.6 Å². The first kappa shape index (κ1) is 22.4. The van der Waals surface area contributed by atoms with Crippen molar-refractivity contribution < 1.29 is 19.4 Å². The first-order valence-electron chi connectivity index (χ1n) is 9.84. The Kier molecular flexibility index (Phi) is 6.98. The number of benzene rings is 2. The highest BCUT2D eigenvalue weighted by atomic mass is 35.5. The molecule has 0 bridgehead atoms. The molecular formula is C25H24ClNO4. The van der Waals surface area contributed by atoms with Gasteiger partial charge in [0.05, 0.1) is 17.1 Å². The van der Waals surface area contributed by atoms with Crippen LogP contribution < -0.4 is 0 Å². The van der Waals surface area contributed by atoms with Crippen LogP contribution in [0.4, 0.5) is 0 Å². The zero-order valence-corrected chi connectivity index (χ0v) is 18.4. The van der Waals surface area contributed by atoms with Crippen molar-refractivity contribution in [2.45, 2.75) is 19.8 Å². The smallest absolute Gasteiger partial charge is 0.337 e. The molecule has 1 unspecified atom stereocenters. The third-order valence-electron chi connectivity index (χ3n) is 5.42. The monoisotopic (exact) mass is 437 g/mol. The van der Waals surface area contributed by atoms with Gasteiger partial charge in [-0.25, -0.2) is 9.59 Å². The number of nitrogens with zero attached hydrogens (tertiary/aromatic N) is 1. The summed E-state index contributed by atoms with van der Waals surface area (Å²) in [6.07, 6.45) is 3.62. The van der Waals surface area contributed by atoms with Crippen molar-refractivity contribution in [3.63, 3.8) is 0 Å². The van der Waals surface area contributed by atoms with Crippen LogP contribution in [0.25, 0.3) is 6.08 Å². The maximum absolute atomic E-state index is 13.1. The number of esters is 1. The lowest BCUT2D eigenvalue weighted by Crippen LogP contribution is -2.33. The van der Waals surface area contributed by atoms with Gasteiger partial charge < -0.3 is 14.7 Å². The lowest BCUT2D eigenvalue weighted by molar-refractivity contribution is -0.138.